The summed E-state index contributed by atoms with van der Waals surface area (Å²) in [5, 5.41) is 7.91. The molecule has 0 saturated carbocycles. The second-order valence-corrected chi connectivity index (χ2v) is 5.97. The Kier molecular flexibility index (Phi) is 5.53. The highest BCUT2D eigenvalue weighted by Crippen LogP contribution is 2.23. The third-order valence-electron chi connectivity index (χ3n) is 3.59. The summed E-state index contributed by atoms with van der Waals surface area (Å²) < 4.78 is 16.3. The Morgan fingerprint density at radius 3 is 2.62 bits per heavy atom. The third kappa shape index (κ3) is 3.92. The predicted octanol–water partition coefficient (Wildman–Crippen LogP) is 3.87. The quantitative estimate of drug-likeness (QED) is 0.854. The fourth-order valence-electron chi connectivity index (χ4n) is 2.51. The van der Waals surface area contributed by atoms with Crippen LogP contribution in [0.5, 0.6) is 0 Å². The molecule has 114 valence electrons. The van der Waals surface area contributed by atoms with E-state index < -0.39 is 0 Å². The molecule has 1 N–H and O–H groups in total. The van der Waals surface area contributed by atoms with Crippen molar-refractivity contribution in [2.24, 2.45) is 0 Å². The molecule has 1 atom stereocenters. The summed E-state index contributed by atoms with van der Waals surface area (Å²) in [7, 11) is 1.93. The molecule has 0 fully saturated rings. The molecule has 0 bridgehead atoms. The molecule has 0 radical (unpaired) electrons. The van der Waals surface area contributed by atoms with Gasteiger partial charge in [0.1, 0.15) is 5.82 Å². The van der Waals surface area contributed by atoms with Crippen LogP contribution in [0.1, 0.15) is 36.8 Å². The molecule has 1 aromatic carbocycles. The van der Waals surface area contributed by atoms with Gasteiger partial charge in [0.15, 0.2) is 0 Å². The van der Waals surface area contributed by atoms with Crippen LogP contribution in [0.15, 0.2) is 28.7 Å². The number of hydrogen-bond donors (Lipinski definition) is 1. The van der Waals surface area contributed by atoms with Crippen LogP contribution in [-0.4, -0.2) is 16.8 Å². The van der Waals surface area contributed by atoms with E-state index in [0.29, 0.717) is 0 Å². The van der Waals surface area contributed by atoms with Gasteiger partial charge in [-0.1, -0.05) is 22.9 Å². The number of hydrogen-bond acceptors (Lipinski definition) is 2. The summed E-state index contributed by atoms with van der Waals surface area (Å²) in [4.78, 5) is 0. The van der Waals surface area contributed by atoms with Crippen molar-refractivity contribution in [1.82, 2.24) is 15.1 Å². The van der Waals surface area contributed by atoms with Gasteiger partial charge in [0.25, 0.3) is 0 Å². The highest BCUT2D eigenvalue weighted by atomic mass is 79.9. The van der Waals surface area contributed by atoms with Gasteiger partial charge in [0.2, 0.25) is 0 Å². The van der Waals surface area contributed by atoms with E-state index in [1.165, 1.54) is 6.07 Å². The van der Waals surface area contributed by atoms with Crippen molar-refractivity contribution < 1.29 is 4.39 Å². The molecule has 0 aliphatic heterocycles. The van der Waals surface area contributed by atoms with Crippen molar-refractivity contribution in [3.05, 3.63) is 51.5 Å². The molecular formula is C16H21BrFN3. The van der Waals surface area contributed by atoms with E-state index in [4.69, 9.17) is 0 Å². The second kappa shape index (κ2) is 7.18. The Hall–Kier alpha value is -1.20. The lowest BCUT2D eigenvalue weighted by molar-refractivity contribution is 0.510. The zero-order valence-electron chi connectivity index (χ0n) is 12.7. The van der Waals surface area contributed by atoms with Gasteiger partial charge in [-0.3, -0.25) is 4.68 Å². The Morgan fingerprint density at radius 1 is 1.29 bits per heavy atom. The van der Waals surface area contributed by atoms with Crippen LogP contribution in [0.2, 0.25) is 0 Å². The van der Waals surface area contributed by atoms with E-state index in [9.17, 15) is 4.39 Å². The molecule has 0 amide bonds. The van der Waals surface area contributed by atoms with Crippen molar-refractivity contribution >= 4 is 15.9 Å². The van der Waals surface area contributed by atoms with E-state index in [-0.39, 0.29) is 11.9 Å². The normalized spacial score (nSPS) is 12.6. The summed E-state index contributed by atoms with van der Waals surface area (Å²) in [5.74, 6) is -0.215. The van der Waals surface area contributed by atoms with Crippen molar-refractivity contribution in [3.63, 3.8) is 0 Å². The predicted molar refractivity (Wildman–Crippen MR) is 86.9 cm³/mol. The molecule has 2 rings (SSSR count). The zero-order valence-corrected chi connectivity index (χ0v) is 14.2. The standard InChI is InChI=1S/C16H21BrFN3/c1-4-14-10-16(21(5-2)20-14)15(19-3)8-11-6-12(17)9-13(18)7-11/h6-7,9-10,15,19H,4-5,8H2,1-3H3. The smallest absolute Gasteiger partial charge is 0.124 e. The Bertz CT molecular complexity index is 589. The van der Waals surface area contributed by atoms with E-state index in [2.05, 4.69) is 46.3 Å². The van der Waals surface area contributed by atoms with E-state index in [1.807, 2.05) is 17.8 Å². The largest absolute Gasteiger partial charge is 0.311 e. The number of benzene rings is 1. The Balaban J connectivity index is 2.29. The number of nitrogens with zero attached hydrogens (tertiary/aromatic N) is 2. The molecule has 0 aliphatic carbocycles. The third-order valence-corrected chi connectivity index (χ3v) is 4.05. The first-order valence-corrected chi connectivity index (χ1v) is 8.05. The second-order valence-electron chi connectivity index (χ2n) is 5.05. The van der Waals surface area contributed by atoms with Crippen LogP contribution in [0, 0.1) is 5.82 Å². The van der Waals surface area contributed by atoms with Gasteiger partial charge >= 0.3 is 0 Å². The maximum absolute atomic E-state index is 13.5. The average Bonchev–Trinajstić information content (AvgIpc) is 2.87. The van der Waals surface area contributed by atoms with E-state index in [1.54, 1.807) is 6.07 Å². The van der Waals surface area contributed by atoms with Gasteiger partial charge in [-0.05, 0) is 56.6 Å². The molecule has 21 heavy (non-hydrogen) atoms. The van der Waals surface area contributed by atoms with Crippen LogP contribution in [0.4, 0.5) is 4.39 Å². The summed E-state index contributed by atoms with van der Waals surface area (Å²) in [6, 6.07) is 7.28. The van der Waals surface area contributed by atoms with Crippen LogP contribution in [0.25, 0.3) is 0 Å². The van der Waals surface area contributed by atoms with Gasteiger partial charge in [-0.15, -0.1) is 0 Å². The molecule has 0 spiro atoms. The summed E-state index contributed by atoms with van der Waals surface area (Å²) in [5.41, 5.74) is 3.20. The van der Waals surface area contributed by atoms with Gasteiger partial charge in [-0.25, -0.2) is 4.39 Å². The fourth-order valence-corrected chi connectivity index (χ4v) is 3.03. The number of rotatable bonds is 6. The maximum Gasteiger partial charge on any atom is 0.124 e. The minimum atomic E-state index is -0.215. The van der Waals surface area contributed by atoms with Crippen molar-refractivity contribution in [2.45, 2.75) is 39.3 Å². The first-order chi connectivity index (χ1) is 10.1. The lowest BCUT2D eigenvalue weighted by Crippen LogP contribution is -2.22. The van der Waals surface area contributed by atoms with Crippen LogP contribution in [-0.2, 0) is 19.4 Å². The number of likely N-dealkylation sites (N-methyl/N-ethyl adjacent to an activating group) is 1. The SMILES string of the molecule is CCc1cc(C(Cc2cc(F)cc(Br)c2)NC)n(CC)n1. The monoisotopic (exact) mass is 353 g/mol. The van der Waals surface area contributed by atoms with Gasteiger partial charge < -0.3 is 5.32 Å². The Labute approximate surface area is 133 Å². The van der Waals surface area contributed by atoms with Crippen LogP contribution >= 0.6 is 15.9 Å². The Morgan fingerprint density at radius 2 is 2.05 bits per heavy atom. The van der Waals surface area contributed by atoms with Crippen molar-refractivity contribution in [2.75, 3.05) is 7.05 Å². The van der Waals surface area contributed by atoms with Crippen LogP contribution < -0.4 is 5.32 Å². The number of aromatic nitrogens is 2. The summed E-state index contributed by atoms with van der Waals surface area (Å²) in [6.45, 7) is 5.02. The first-order valence-electron chi connectivity index (χ1n) is 7.26. The van der Waals surface area contributed by atoms with Gasteiger partial charge in [0.05, 0.1) is 17.4 Å². The van der Waals surface area contributed by atoms with Gasteiger partial charge in [-0.2, -0.15) is 5.10 Å². The fraction of sp³-hybridized carbons (Fsp3) is 0.438. The summed E-state index contributed by atoms with van der Waals surface area (Å²) >= 11 is 3.35. The number of nitrogens with one attached hydrogen (secondary N) is 1. The van der Waals surface area contributed by atoms with E-state index >= 15 is 0 Å². The van der Waals surface area contributed by atoms with E-state index in [0.717, 1.165) is 40.8 Å². The highest BCUT2D eigenvalue weighted by molar-refractivity contribution is 9.10. The molecule has 5 heteroatoms. The minimum Gasteiger partial charge on any atom is -0.311 e. The molecule has 2 aromatic rings. The summed E-state index contributed by atoms with van der Waals surface area (Å²) in [6.07, 6.45) is 1.64. The van der Waals surface area contributed by atoms with Gasteiger partial charge in [0, 0.05) is 11.0 Å². The van der Waals surface area contributed by atoms with Crippen LogP contribution in [0.3, 0.4) is 0 Å². The highest BCUT2D eigenvalue weighted by Gasteiger charge is 2.17. The lowest BCUT2D eigenvalue weighted by atomic mass is 10.0. The molecule has 3 nitrogen and oxygen atoms in total. The van der Waals surface area contributed by atoms with Crippen molar-refractivity contribution in [1.29, 1.82) is 0 Å². The number of halogens is 2. The molecule has 0 saturated heterocycles. The van der Waals surface area contributed by atoms with Crippen molar-refractivity contribution in [3.8, 4) is 0 Å². The lowest BCUT2D eigenvalue weighted by Gasteiger charge is -2.18. The molecule has 1 heterocycles. The number of aryl methyl sites for hydroxylation is 2. The minimum absolute atomic E-state index is 0.117. The first kappa shape index (κ1) is 16.2. The average molecular weight is 354 g/mol. The molecule has 1 unspecified atom stereocenters. The molecular weight excluding hydrogens is 333 g/mol. The topological polar surface area (TPSA) is 29.9 Å². The molecule has 0 aliphatic rings. The zero-order chi connectivity index (χ0) is 15.4. The molecule has 1 aromatic heterocycles. The maximum atomic E-state index is 13.5.